The lowest BCUT2D eigenvalue weighted by molar-refractivity contribution is -0.116. The van der Waals surface area contributed by atoms with Gasteiger partial charge in [0.2, 0.25) is 5.91 Å². The van der Waals surface area contributed by atoms with Crippen LogP contribution in [0.3, 0.4) is 0 Å². The smallest absolute Gasteiger partial charge is 0.223 e. The first-order valence-corrected chi connectivity index (χ1v) is 9.31. The Morgan fingerprint density at radius 2 is 2.12 bits per heavy atom. The highest BCUT2D eigenvalue weighted by Crippen LogP contribution is 2.19. The zero-order valence-electron chi connectivity index (χ0n) is 15.9. The molecule has 0 unspecified atom stereocenters. The van der Waals surface area contributed by atoms with E-state index in [0.29, 0.717) is 0 Å². The molecule has 0 spiro atoms. The maximum absolute atomic E-state index is 11.4. The molecule has 26 heavy (non-hydrogen) atoms. The van der Waals surface area contributed by atoms with Gasteiger partial charge < -0.3 is 14.5 Å². The molecule has 1 atom stereocenters. The van der Waals surface area contributed by atoms with Crippen LogP contribution >= 0.6 is 0 Å². The van der Waals surface area contributed by atoms with Gasteiger partial charge in [0.15, 0.2) is 0 Å². The van der Waals surface area contributed by atoms with Crippen molar-refractivity contribution in [2.45, 2.75) is 39.2 Å². The van der Waals surface area contributed by atoms with Gasteiger partial charge in [-0.1, -0.05) is 0 Å². The second-order valence-corrected chi connectivity index (χ2v) is 6.94. The zero-order chi connectivity index (χ0) is 18.5. The average molecular weight is 356 g/mol. The van der Waals surface area contributed by atoms with Crippen molar-refractivity contribution in [3.63, 3.8) is 0 Å². The highest BCUT2D eigenvalue weighted by atomic mass is 16.5. The maximum atomic E-state index is 11.4. The summed E-state index contributed by atoms with van der Waals surface area (Å²) in [5.74, 6) is 0.855. The van der Waals surface area contributed by atoms with Crippen LogP contribution in [-0.4, -0.2) is 53.4 Å². The fourth-order valence-corrected chi connectivity index (χ4v) is 3.29. The van der Waals surface area contributed by atoms with Crippen LogP contribution in [0.5, 0.6) is 5.75 Å². The van der Waals surface area contributed by atoms with Crippen LogP contribution in [0.2, 0.25) is 0 Å². The average Bonchev–Trinajstić information content (AvgIpc) is 3.28. The molecule has 2 heterocycles. The second kappa shape index (κ2) is 8.36. The summed E-state index contributed by atoms with van der Waals surface area (Å²) in [6, 6.07) is 8.59. The lowest BCUT2D eigenvalue weighted by Crippen LogP contribution is -2.28. The van der Waals surface area contributed by atoms with E-state index in [0.717, 1.165) is 42.7 Å². The van der Waals surface area contributed by atoms with Gasteiger partial charge in [-0.25, -0.2) is 4.68 Å². The van der Waals surface area contributed by atoms with Gasteiger partial charge in [0.25, 0.3) is 0 Å². The molecular weight excluding hydrogens is 328 g/mol. The minimum absolute atomic E-state index is 0.0170. The van der Waals surface area contributed by atoms with E-state index in [9.17, 15) is 4.79 Å². The van der Waals surface area contributed by atoms with Crippen molar-refractivity contribution in [1.29, 1.82) is 0 Å². The Bertz CT molecular complexity index is 726. The third-order valence-electron chi connectivity index (χ3n) is 5.08. The number of nitrogens with zero attached hydrogens (tertiary/aromatic N) is 4. The summed E-state index contributed by atoms with van der Waals surface area (Å²) in [6.45, 7) is 6.91. The van der Waals surface area contributed by atoms with E-state index >= 15 is 0 Å². The molecular formula is C20H28N4O2. The summed E-state index contributed by atoms with van der Waals surface area (Å²) in [7, 11) is 1.74. The number of likely N-dealkylation sites (tertiary alicyclic amines) is 1. The predicted octanol–water partition coefficient (Wildman–Crippen LogP) is 3.11. The molecule has 6 heteroatoms. The van der Waals surface area contributed by atoms with Crippen LogP contribution in [0.1, 0.15) is 33.1 Å². The van der Waals surface area contributed by atoms with Crippen molar-refractivity contribution < 1.29 is 9.53 Å². The van der Waals surface area contributed by atoms with Crippen LogP contribution in [0.25, 0.3) is 5.69 Å². The largest absolute Gasteiger partial charge is 0.494 e. The minimum atomic E-state index is -0.0170. The van der Waals surface area contributed by atoms with E-state index < -0.39 is 0 Å². The molecule has 0 saturated carbocycles. The number of aromatic nitrogens is 2. The first-order valence-electron chi connectivity index (χ1n) is 9.31. The standard InChI is InChI=1S/C20H28N4O2/c1-16-6-4-11-23(16)12-5-13-26-20-9-7-18(8-10-20)24-15-19(14-21-24)22(3)17(2)25/h7-10,14-16H,4-6,11-13H2,1-3H3/t16-/m1/s1. The van der Waals surface area contributed by atoms with E-state index in [1.165, 1.54) is 26.3 Å². The van der Waals surface area contributed by atoms with Gasteiger partial charge in [0, 0.05) is 26.6 Å². The van der Waals surface area contributed by atoms with Gasteiger partial charge in [0.1, 0.15) is 5.75 Å². The number of hydrogen-bond acceptors (Lipinski definition) is 4. The Balaban J connectivity index is 1.49. The first-order chi connectivity index (χ1) is 12.5. The van der Waals surface area contributed by atoms with Gasteiger partial charge in [-0.3, -0.25) is 4.79 Å². The molecule has 6 nitrogen and oxygen atoms in total. The van der Waals surface area contributed by atoms with E-state index in [2.05, 4.69) is 16.9 Å². The van der Waals surface area contributed by atoms with E-state index in [1.807, 2.05) is 30.5 Å². The van der Waals surface area contributed by atoms with E-state index in [-0.39, 0.29) is 5.91 Å². The lowest BCUT2D eigenvalue weighted by Gasteiger charge is -2.20. The molecule has 1 aliphatic rings. The number of rotatable bonds is 7. The summed E-state index contributed by atoms with van der Waals surface area (Å²) >= 11 is 0. The molecule has 0 radical (unpaired) electrons. The van der Waals surface area contributed by atoms with Crippen molar-refractivity contribution in [2.24, 2.45) is 0 Å². The Kier molecular flexibility index (Phi) is 5.93. The number of carbonyl (C=O) groups excluding carboxylic acids is 1. The van der Waals surface area contributed by atoms with Crippen molar-refractivity contribution in [2.75, 3.05) is 31.6 Å². The molecule has 0 bridgehead atoms. The lowest BCUT2D eigenvalue weighted by atomic mass is 10.2. The molecule has 1 saturated heterocycles. The van der Waals surface area contributed by atoms with Crippen LogP contribution in [0.4, 0.5) is 5.69 Å². The summed E-state index contributed by atoms with van der Waals surface area (Å²) in [5.41, 5.74) is 1.71. The predicted molar refractivity (Wildman–Crippen MR) is 103 cm³/mol. The fraction of sp³-hybridized carbons (Fsp3) is 0.500. The van der Waals surface area contributed by atoms with Gasteiger partial charge in [0.05, 0.1) is 30.4 Å². The monoisotopic (exact) mass is 356 g/mol. The van der Waals surface area contributed by atoms with E-state index in [4.69, 9.17) is 4.74 Å². The highest BCUT2D eigenvalue weighted by Gasteiger charge is 2.19. The Hall–Kier alpha value is -2.34. The Morgan fingerprint density at radius 1 is 1.35 bits per heavy atom. The highest BCUT2D eigenvalue weighted by molar-refractivity contribution is 5.90. The molecule has 140 valence electrons. The third kappa shape index (κ3) is 4.43. The number of ether oxygens (including phenoxy) is 1. The van der Waals surface area contributed by atoms with Crippen LogP contribution < -0.4 is 9.64 Å². The number of benzene rings is 1. The fourth-order valence-electron chi connectivity index (χ4n) is 3.29. The molecule has 0 aliphatic carbocycles. The molecule has 1 aliphatic heterocycles. The van der Waals surface area contributed by atoms with Crippen molar-refractivity contribution in [3.05, 3.63) is 36.7 Å². The third-order valence-corrected chi connectivity index (χ3v) is 5.08. The summed E-state index contributed by atoms with van der Waals surface area (Å²) in [6.07, 6.45) is 7.21. The number of hydrogen-bond donors (Lipinski definition) is 0. The first kappa shape index (κ1) is 18.5. The number of amides is 1. The van der Waals surface area contributed by atoms with Gasteiger partial charge in [-0.05, 0) is 57.0 Å². The maximum Gasteiger partial charge on any atom is 0.223 e. The van der Waals surface area contributed by atoms with Gasteiger partial charge in [-0.2, -0.15) is 5.10 Å². The van der Waals surface area contributed by atoms with Crippen LogP contribution in [-0.2, 0) is 4.79 Å². The Morgan fingerprint density at radius 3 is 2.77 bits per heavy atom. The SMILES string of the molecule is CC(=O)N(C)c1cnn(-c2ccc(OCCCN3CCC[C@H]3C)cc2)c1. The van der Waals surface area contributed by atoms with Crippen molar-refractivity contribution in [1.82, 2.24) is 14.7 Å². The number of carbonyl (C=O) groups is 1. The van der Waals surface area contributed by atoms with Crippen molar-refractivity contribution >= 4 is 11.6 Å². The molecule has 3 rings (SSSR count). The molecule has 0 N–H and O–H groups in total. The summed E-state index contributed by atoms with van der Waals surface area (Å²) in [4.78, 5) is 15.5. The van der Waals surface area contributed by atoms with Crippen LogP contribution in [0, 0.1) is 0 Å². The van der Waals surface area contributed by atoms with Crippen LogP contribution in [0.15, 0.2) is 36.7 Å². The topological polar surface area (TPSA) is 50.6 Å². The minimum Gasteiger partial charge on any atom is -0.494 e. The van der Waals surface area contributed by atoms with Gasteiger partial charge in [-0.15, -0.1) is 0 Å². The normalized spacial score (nSPS) is 17.4. The molecule has 1 amide bonds. The zero-order valence-corrected chi connectivity index (χ0v) is 15.9. The molecule has 1 aromatic heterocycles. The summed E-state index contributed by atoms with van der Waals surface area (Å²) in [5, 5.41) is 4.32. The summed E-state index contributed by atoms with van der Waals surface area (Å²) < 4.78 is 7.61. The molecule has 1 fully saturated rings. The molecule has 2 aromatic rings. The van der Waals surface area contributed by atoms with E-state index in [1.54, 1.807) is 22.8 Å². The number of anilines is 1. The van der Waals surface area contributed by atoms with Crippen molar-refractivity contribution in [3.8, 4) is 11.4 Å². The second-order valence-electron chi connectivity index (χ2n) is 6.94. The van der Waals surface area contributed by atoms with Gasteiger partial charge >= 0.3 is 0 Å². The molecule has 1 aromatic carbocycles. The quantitative estimate of drug-likeness (QED) is 0.715. The Labute approximate surface area is 155 Å².